The van der Waals surface area contributed by atoms with Gasteiger partial charge in [0.1, 0.15) is 0 Å². The van der Waals surface area contributed by atoms with Crippen molar-refractivity contribution < 1.29 is 39.8 Å². The van der Waals surface area contributed by atoms with Crippen molar-refractivity contribution in [3.8, 4) is 0 Å². The van der Waals surface area contributed by atoms with Gasteiger partial charge in [-0.25, -0.2) is 0 Å². The van der Waals surface area contributed by atoms with Crippen molar-refractivity contribution in [2.24, 2.45) is 0 Å². The van der Waals surface area contributed by atoms with E-state index in [2.05, 4.69) is 13.2 Å². The first-order chi connectivity index (χ1) is 7.41. The van der Waals surface area contributed by atoms with Crippen LogP contribution in [-0.2, 0) is 25.5 Å². The largest absolute Gasteiger partial charge is 0.394 e. The molecule has 0 saturated heterocycles. The summed E-state index contributed by atoms with van der Waals surface area (Å²) in [7, 11) is -9.33. The van der Waals surface area contributed by atoms with Crippen LogP contribution in [-0.4, -0.2) is 48.3 Å². The van der Waals surface area contributed by atoms with E-state index >= 15 is 0 Å². The van der Waals surface area contributed by atoms with Gasteiger partial charge in [-0.1, -0.05) is 12.2 Å². The van der Waals surface area contributed by atoms with E-state index < -0.39 is 20.8 Å². The van der Waals surface area contributed by atoms with E-state index in [1.165, 1.54) is 0 Å². The molecule has 0 heterocycles. The van der Waals surface area contributed by atoms with E-state index in [-0.39, 0.29) is 0 Å². The van der Waals surface area contributed by atoms with Crippen LogP contribution in [0, 0.1) is 0 Å². The molecule has 0 radical (unpaired) electrons. The maximum Gasteiger partial charge on any atom is 0.394 e. The van der Waals surface area contributed by atoms with Crippen LogP contribution >= 0.6 is 0 Å². The first kappa shape index (κ1) is 21.5. The molecular formula is C6H14O9S2. The van der Waals surface area contributed by atoms with Gasteiger partial charge in [0.05, 0.1) is 13.2 Å². The Morgan fingerprint density at radius 2 is 1.00 bits per heavy atom. The zero-order valence-electron chi connectivity index (χ0n) is 8.63. The fourth-order valence-corrected chi connectivity index (χ4v) is 0.235. The molecule has 0 aliphatic heterocycles. The molecule has 0 rings (SSSR count). The smallest absolute Gasteiger partial charge is 0.373 e. The summed E-state index contributed by atoms with van der Waals surface area (Å²) in [5.41, 5.74) is 0. The lowest BCUT2D eigenvalue weighted by molar-refractivity contribution is 0.194. The summed E-state index contributed by atoms with van der Waals surface area (Å²) >= 11 is 0. The summed E-state index contributed by atoms with van der Waals surface area (Å²) in [5, 5.41) is 0. The SMILES string of the molecule is C=CCOCC=C.O=S(=O)(O)O.O=S(=O)(O)O. The average Bonchev–Trinajstić information content (AvgIpc) is 1.99. The summed E-state index contributed by atoms with van der Waals surface area (Å²) in [6.45, 7) is 8.18. The summed E-state index contributed by atoms with van der Waals surface area (Å²) in [6.07, 6.45) is 3.42. The highest BCUT2D eigenvalue weighted by Gasteiger charge is 1.85. The second-order valence-electron chi connectivity index (χ2n) is 2.01. The Balaban J connectivity index is -0.000000177. The standard InChI is InChI=1S/C6H10O.2H2O4S/c1-3-5-7-6-4-2;2*1-5(2,3)4/h3-4H,1-2,5-6H2;2*(H2,1,2,3,4). The Morgan fingerprint density at radius 3 is 1.12 bits per heavy atom. The Morgan fingerprint density at radius 1 is 0.824 bits per heavy atom. The van der Waals surface area contributed by atoms with Crippen LogP contribution < -0.4 is 0 Å². The van der Waals surface area contributed by atoms with Crippen LogP contribution in [0.15, 0.2) is 25.3 Å². The highest BCUT2D eigenvalue weighted by Crippen LogP contribution is 1.72. The van der Waals surface area contributed by atoms with Crippen molar-refractivity contribution in [2.75, 3.05) is 13.2 Å². The summed E-state index contributed by atoms with van der Waals surface area (Å²) in [5.74, 6) is 0. The van der Waals surface area contributed by atoms with Crippen LogP contribution in [0.25, 0.3) is 0 Å². The zero-order valence-corrected chi connectivity index (χ0v) is 10.3. The molecule has 0 amide bonds. The maximum absolute atomic E-state index is 8.74. The maximum atomic E-state index is 8.74. The quantitative estimate of drug-likeness (QED) is 0.319. The Hall–Kier alpha value is -0.820. The Labute approximate surface area is 99.6 Å². The van der Waals surface area contributed by atoms with Crippen molar-refractivity contribution in [1.29, 1.82) is 0 Å². The van der Waals surface area contributed by atoms with E-state index in [1.807, 2.05) is 0 Å². The normalized spacial score (nSPS) is 10.1. The van der Waals surface area contributed by atoms with Crippen molar-refractivity contribution in [3.05, 3.63) is 25.3 Å². The average molecular weight is 294 g/mol. The van der Waals surface area contributed by atoms with Gasteiger partial charge in [0.2, 0.25) is 0 Å². The monoisotopic (exact) mass is 294 g/mol. The van der Waals surface area contributed by atoms with Gasteiger partial charge in [-0.3, -0.25) is 18.2 Å². The van der Waals surface area contributed by atoms with E-state index in [1.54, 1.807) is 12.2 Å². The second-order valence-corrected chi connectivity index (χ2v) is 3.80. The molecule has 11 heteroatoms. The predicted molar refractivity (Wildman–Crippen MR) is 59.6 cm³/mol. The van der Waals surface area contributed by atoms with Gasteiger partial charge in [-0.2, -0.15) is 16.8 Å². The van der Waals surface area contributed by atoms with E-state index in [4.69, 9.17) is 39.8 Å². The lowest BCUT2D eigenvalue weighted by Gasteiger charge is -1.89. The molecule has 0 aliphatic rings. The van der Waals surface area contributed by atoms with Crippen LogP contribution in [0.5, 0.6) is 0 Å². The molecule has 0 aromatic heterocycles. The van der Waals surface area contributed by atoms with Crippen molar-refractivity contribution in [3.63, 3.8) is 0 Å². The third-order valence-electron chi connectivity index (χ3n) is 0.471. The third-order valence-corrected chi connectivity index (χ3v) is 0.471. The molecule has 9 nitrogen and oxygen atoms in total. The number of ether oxygens (including phenoxy) is 1. The highest BCUT2D eigenvalue weighted by molar-refractivity contribution is 7.80. The number of hydrogen-bond donors (Lipinski definition) is 4. The lowest BCUT2D eigenvalue weighted by Crippen LogP contribution is -1.89. The van der Waals surface area contributed by atoms with Crippen LogP contribution in [0.4, 0.5) is 0 Å². The topological polar surface area (TPSA) is 158 Å². The first-order valence-corrected chi connectivity index (χ1v) is 6.40. The molecule has 17 heavy (non-hydrogen) atoms. The minimum Gasteiger partial charge on any atom is -0.373 e. The predicted octanol–water partition coefficient (Wildman–Crippen LogP) is 0.0694. The molecular weight excluding hydrogens is 280 g/mol. The molecule has 0 unspecified atom stereocenters. The molecule has 0 fully saturated rings. The second kappa shape index (κ2) is 11.7. The molecule has 0 bridgehead atoms. The fourth-order valence-electron chi connectivity index (χ4n) is 0.235. The van der Waals surface area contributed by atoms with Gasteiger partial charge < -0.3 is 4.74 Å². The van der Waals surface area contributed by atoms with Gasteiger partial charge >= 0.3 is 20.8 Å². The molecule has 0 spiro atoms. The Kier molecular flexibility index (Phi) is 14.7. The van der Waals surface area contributed by atoms with E-state index in [9.17, 15) is 0 Å². The zero-order chi connectivity index (χ0) is 14.5. The van der Waals surface area contributed by atoms with E-state index in [0.29, 0.717) is 13.2 Å². The van der Waals surface area contributed by atoms with Crippen molar-refractivity contribution in [1.82, 2.24) is 0 Å². The third kappa shape index (κ3) is 261. The van der Waals surface area contributed by atoms with Crippen LogP contribution in [0.3, 0.4) is 0 Å². The van der Waals surface area contributed by atoms with Gasteiger partial charge in [0.25, 0.3) is 0 Å². The van der Waals surface area contributed by atoms with Gasteiger partial charge in [-0.05, 0) is 0 Å². The van der Waals surface area contributed by atoms with Crippen LogP contribution in [0.2, 0.25) is 0 Å². The molecule has 0 atom stereocenters. The highest BCUT2D eigenvalue weighted by atomic mass is 32.3. The Bertz CT molecular complexity index is 326. The van der Waals surface area contributed by atoms with Crippen LogP contribution in [0.1, 0.15) is 0 Å². The van der Waals surface area contributed by atoms with E-state index in [0.717, 1.165) is 0 Å². The summed E-state index contributed by atoms with van der Waals surface area (Å²) in [4.78, 5) is 0. The molecule has 0 aliphatic carbocycles. The summed E-state index contributed by atoms with van der Waals surface area (Å²) in [6, 6.07) is 0. The van der Waals surface area contributed by atoms with Crippen molar-refractivity contribution >= 4 is 20.8 Å². The fraction of sp³-hybridized carbons (Fsp3) is 0.333. The van der Waals surface area contributed by atoms with Crippen molar-refractivity contribution in [2.45, 2.75) is 0 Å². The minimum absolute atomic E-state index is 0.617. The molecule has 0 saturated carbocycles. The van der Waals surface area contributed by atoms with Gasteiger partial charge in [0, 0.05) is 0 Å². The molecule has 0 aromatic carbocycles. The molecule has 0 aromatic rings. The number of rotatable bonds is 4. The van der Waals surface area contributed by atoms with Gasteiger partial charge in [-0.15, -0.1) is 13.2 Å². The summed E-state index contributed by atoms with van der Waals surface area (Å²) < 4.78 is 68.1. The molecule has 104 valence electrons. The lowest BCUT2D eigenvalue weighted by atomic mass is 10.6. The first-order valence-electron chi connectivity index (χ1n) is 3.61. The van der Waals surface area contributed by atoms with Gasteiger partial charge in [0.15, 0.2) is 0 Å². The minimum atomic E-state index is -4.67. The number of hydrogen-bond acceptors (Lipinski definition) is 5. The molecule has 4 N–H and O–H groups in total.